The molecule has 0 atom stereocenters. The van der Waals surface area contributed by atoms with E-state index >= 15 is 0 Å². The van der Waals surface area contributed by atoms with Gasteiger partial charge in [-0.2, -0.15) is 5.10 Å². The molecule has 194 valence electrons. The van der Waals surface area contributed by atoms with Crippen molar-refractivity contribution >= 4 is 45.1 Å². The van der Waals surface area contributed by atoms with E-state index in [2.05, 4.69) is 46.8 Å². The lowest BCUT2D eigenvalue weighted by molar-refractivity contribution is -0.117. The third-order valence-electron chi connectivity index (χ3n) is 7.10. The number of nitrogens with zero attached hydrogens (tertiary/aromatic N) is 5. The van der Waals surface area contributed by atoms with E-state index in [1.807, 2.05) is 29.6 Å². The van der Waals surface area contributed by atoms with Gasteiger partial charge in [0.25, 0.3) is 0 Å². The number of piperidine rings is 1. The van der Waals surface area contributed by atoms with Crippen molar-refractivity contribution in [2.24, 2.45) is 5.92 Å². The predicted molar refractivity (Wildman–Crippen MR) is 152 cm³/mol. The van der Waals surface area contributed by atoms with E-state index < -0.39 is 0 Å². The highest BCUT2D eigenvalue weighted by Gasteiger charge is 2.19. The molecule has 0 radical (unpaired) electrons. The number of nitrogens with one attached hydrogen (secondary N) is 4. The number of carbonyl (C=O) groups excluding carboxylic acids is 1. The number of imidazole rings is 1. The zero-order chi connectivity index (χ0) is 26.2. The zero-order valence-corrected chi connectivity index (χ0v) is 21.8. The number of hydrogen-bond donors (Lipinski definition) is 4. The molecule has 1 aliphatic rings. The molecule has 0 aliphatic carbocycles. The third kappa shape index (κ3) is 4.66. The van der Waals surface area contributed by atoms with Crippen LogP contribution in [0.4, 0.5) is 5.69 Å². The van der Waals surface area contributed by atoms with Crippen molar-refractivity contribution in [1.82, 2.24) is 40.4 Å². The molecule has 0 aromatic carbocycles. The minimum absolute atomic E-state index is 0.0203. The number of pyridine rings is 3. The first kappa shape index (κ1) is 23.6. The summed E-state index contributed by atoms with van der Waals surface area (Å²) >= 11 is 1.66. The highest BCUT2D eigenvalue weighted by Crippen LogP contribution is 2.33. The Morgan fingerprint density at radius 3 is 2.82 bits per heavy atom. The highest BCUT2D eigenvalue weighted by atomic mass is 32.1. The Labute approximate surface area is 227 Å². The maximum absolute atomic E-state index is 12.6. The molecule has 11 heteroatoms. The van der Waals surface area contributed by atoms with Crippen LogP contribution in [0.5, 0.6) is 0 Å². The van der Waals surface area contributed by atoms with Crippen molar-refractivity contribution in [2.75, 3.05) is 18.4 Å². The topological polar surface area (TPSA) is 137 Å². The Bertz CT molecular complexity index is 1780. The lowest BCUT2D eigenvalue weighted by atomic mass is 9.94. The van der Waals surface area contributed by atoms with Gasteiger partial charge in [0.1, 0.15) is 11.2 Å². The van der Waals surface area contributed by atoms with Crippen molar-refractivity contribution in [3.8, 4) is 33.1 Å². The van der Waals surface area contributed by atoms with Crippen LogP contribution >= 0.6 is 11.3 Å². The number of thiophene rings is 1. The van der Waals surface area contributed by atoms with Gasteiger partial charge in [-0.1, -0.05) is 6.07 Å². The van der Waals surface area contributed by atoms with Crippen LogP contribution in [-0.2, 0) is 4.79 Å². The standard InChI is InChI=1S/C28H25N9OS/c38-23(10-16-3-6-29-7-4-16)33-19-11-17(13-30-15-19)18-12-21-25(36-37-26(21)32-14-18)28-34-24-20(22-2-1-9-39-22)5-8-31-27(24)35-28/h1-2,5,8-9,11-16,29H,3-4,6-7,10H2,(H,33,38)(H,31,34,35)(H,32,36,37). The van der Waals surface area contributed by atoms with Gasteiger partial charge in [-0.25, -0.2) is 15.0 Å². The van der Waals surface area contributed by atoms with Crippen LogP contribution in [0, 0.1) is 5.92 Å². The van der Waals surface area contributed by atoms with Gasteiger partial charge in [0.15, 0.2) is 17.1 Å². The average Bonchev–Trinajstić information content (AvgIpc) is 3.73. The fourth-order valence-electron chi connectivity index (χ4n) is 5.12. The smallest absolute Gasteiger partial charge is 0.224 e. The van der Waals surface area contributed by atoms with E-state index in [-0.39, 0.29) is 5.91 Å². The normalized spacial score (nSPS) is 14.3. The molecule has 4 N–H and O–H groups in total. The zero-order valence-electron chi connectivity index (χ0n) is 20.9. The molecule has 0 spiro atoms. The fraction of sp³-hybridized carbons (Fsp3) is 0.214. The minimum atomic E-state index is 0.0203. The molecule has 1 amide bonds. The first-order valence-electron chi connectivity index (χ1n) is 12.9. The Hall–Kier alpha value is -4.48. The number of fused-ring (bicyclic) bond motifs is 2. The second kappa shape index (κ2) is 10.0. The third-order valence-corrected chi connectivity index (χ3v) is 8.00. The second-order valence-corrected chi connectivity index (χ2v) is 10.7. The molecule has 6 aromatic rings. The van der Waals surface area contributed by atoms with Gasteiger partial charge in [0, 0.05) is 46.6 Å². The van der Waals surface area contributed by atoms with Crippen LogP contribution in [0.2, 0.25) is 0 Å². The molecule has 1 saturated heterocycles. The largest absolute Gasteiger partial charge is 0.325 e. The van der Waals surface area contributed by atoms with E-state index in [4.69, 9.17) is 4.98 Å². The van der Waals surface area contributed by atoms with Crippen LogP contribution in [-0.4, -0.2) is 54.1 Å². The summed E-state index contributed by atoms with van der Waals surface area (Å²) in [6, 6.07) is 10.0. The molecule has 7 heterocycles. The molecule has 7 rings (SSSR count). The predicted octanol–water partition coefficient (Wildman–Crippen LogP) is 5.01. The van der Waals surface area contributed by atoms with E-state index in [0.29, 0.717) is 40.8 Å². The number of amides is 1. The molecule has 10 nitrogen and oxygen atoms in total. The molecular formula is C28H25N9OS. The lowest BCUT2D eigenvalue weighted by Crippen LogP contribution is -2.30. The van der Waals surface area contributed by atoms with Crippen molar-refractivity contribution in [1.29, 1.82) is 0 Å². The van der Waals surface area contributed by atoms with Gasteiger partial charge in [0.05, 0.1) is 17.3 Å². The van der Waals surface area contributed by atoms with E-state index in [1.54, 1.807) is 36.1 Å². The summed E-state index contributed by atoms with van der Waals surface area (Å²) in [6.45, 7) is 1.95. The van der Waals surface area contributed by atoms with E-state index in [9.17, 15) is 4.79 Å². The molecule has 1 fully saturated rings. The quantitative estimate of drug-likeness (QED) is 0.235. The van der Waals surface area contributed by atoms with Gasteiger partial charge in [-0.05, 0) is 61.5 Å². The number of anilines is 1. The summed E-state index contributed by atoms with van der Waals surface area (Å²) in [6.07, 6.45) is 9.58. The summed E-state index contributed by atoms with van der Waals surface area (Å²) in [7, 11) is 0. The van der Waals surface area contributed by atoms with Crippen LogP contribution in [0.3, 0.4) is 0 Å². The summed E-state index contributed by atoms with van der Waals surface area (Å²) in [5.74, 6) is 1.05. The molecule has 0 unspecified atom stereocenters. The Balaban J connectivity index is 1.19. The molecule has 1 aliphatic heterocycles. The van der Waals surface area contributed by atoms with Gasteiger partial charge in [0.2, 0.25) is 5.91 Å². The summed E-state index contributed by atoms with van der Waals surface area (Å²) < 4.78 is 0. The van der Waals surface area contributed by atoms with Crippen LogP contribution in [0.25, 0.3) is 55.3 Å². The summed E-state index contributed by atoms with van der Waals surface area (Å²) in [5.41, 5.74) is 6.22. The van der Waals surface area contributed by atoms with Gasteiger partial charge >= 0.3 is 0 Å². The Morgan fingerprint density at radius 2 is 1.95 bits per heavy atom. The molecule has 6 aromatic heterocycles. The monoisotopic (exact) mass is 535 g/mol. The van der Waals surface area contributed by atoms with Crippen molar-refractivity contribution < 1.29 is 4.79 Å². The molecule has 0 saturated carbocycles. The molecule has 39 heavy (non-hydrogen) atoms. The van der Waals surface area contributed by atoms with Gasteiger partial charge in [-0.3, -0.25) is 14.9 Å². The summed E-state index contributed by atoms with van der Waals surface area (Å²) in [4.78, 5) is 35.4. The fourth-order valence-corrected chi connectivity index (χ4v) is 5.87. The first-order chi connectivity index (χ1) is 19.2. The Kier molecular flexibility index (Phi) is 6.06. The van der Waals surface area contributed by atoms with E-state index in [0.717, 1.165) is 58.4 Å². The second-order valence-electron chi connectivity index (χ2n) is 9.72. The number of aromatic amines is 2. The minimum Gasteiger partial charge on any atom is -0.325 e. The Morgan fingerprint density at radius 1 is 1.05 bits per heavy atom. The SMILES string of the molecule is O=C(CC1CCNCC1)Nc1cncc(-c2cnc3[nH]nc(-c4nc5c(-c6cccs6)ccnc5[nH]4)c3c2)c1. The number of hydrogen-bond acceptors (Lipinski definition) is 8. The highest BCUT2D eigenvalue weighted by molar-refractivity contribution is 7.13. The number of carbonyl (C=O) groups is 1. The van der Waals surface area contributed by atoms with Crippen LogP contribution in [0.15, 0.2) is 60.5 Å². The molecular weight excluding hydrogens is 510 g/mol. The number of rotatable bonds is 6. The number of aromatic nitrogens is 7. The van der Waals surface area contributed by atoms with Crippen molar-refractivity contribution in [3.63, 3.8) is 0 Å². The maximum atomic E-state index is 12.6. The maximum Gasteiger partial charge on any atom is 0.224 e. The van der Waals surface area contributed by atoms with Crippen molar-refractivity contribution in [3.05, 3.63) is 60.5 Å². The van der Waals surface area contributed by atoms with E-state index in [1.165, 1.54) is 0 Å². The summed E-state index contributed by atoms with van der Waals surface area (Å²) in [5, 5.41) is 16.8. The van der Waals surface area contributed by atoms with Crippen LogP contribution < -0.4 is 10.6 Å². The van der Waals surface area contributed by atoms with Crippen molar-refractivity contribution in [2.45, 2.75) is 19.3 Å². The lowest BCUT2D eigenvalue weighted by Gasteiger charge is -2.21. The van der Waals surface area contributed by atoms with Crippen LogP contribution in [0.1, 0.15) is 19.3 Å². The average molecular weight is 536 g/mol. The number of H-pyrrole nitrogens is 2. The van der Waals surface area contributed by atoms with Gasteiger partial charge in [-0.15, -0.1) is 11.3 Å². The van der Waals surface area contributed by atoms with Gasteiger partial charge < -0.3 is 15.6 Å². The molecule has 0 bridgehead atoms. The first-order valence-corrected chi connectivity index (χ1v) is 13.8.